The van der Waals surface area contributed by atoms with Gasteiger partial charge in [-0.1, -0.05) is 0 Å². The molecule has 0 atom stereocenters. The van der Waals surface area contributed by atoms with Gasteiger partial charge in [0.2, 0.25) is 0 Å². The molecule has 1 saturated carbocycles. The number of nitrogens with one attached hydrogen (secondary N) is 1. The van der Waals surface area contributed by atoms with E-state index in [1.165, 1.54) is 31.2 Å². The first-order chi connectivity index (χ1) is 14.9. The first kappa shape index (κ1) is 20.8. The molecule has 1 N–H and O–H groups in total. The minimum Gasteiger partial charge on any atom is -0.495 e. The summed E-state index contributed by atoms with van der Waals surface area (Å²) in [7, 11) is 2.87. The molecule has 2 aromatic carbocycles. The van der Waals surface area contributed by atoms with E-state index in [1.807, 2.05) is 6.07 Å². The number of amides is 2. The molecule has 0 aromatic heterocycles. The maximum atomic E-state index is 14.7. The molecule has 31 heavy (non-hydrogen) atoms. The molecular formula is C22H19FN4O3S. The van der Waals surface area contributed by atoms with Gasteiger partial charge in [-0.05, 0) is 61.8 Å². The molecule has 2 aliphatic rings. The van der Waals surface area contributed by atoms with Gasteiger partial charge in [-0.25, -0.2) is 4.39 Å². The van der Waals surface area contributed by atoms with Crippen LogP contribution in [0.2, 0.25) is 0 Å². The van der Waals surface area contributed by atoms with E-state index < -0.39 is 17.3 Å². The standard InChI is InChI=1S/C22H19FN4O3S/c1-25-19(28)16-7-6-15(10-17(16)23)27-21(31)26(20(29)22(27)8-3-9-22)14-5-4-13(12-24)18(11-14)30-2/h4-7,10-11H,3,8-9H2,1-2H3,(H,25,28). The summed E-state index contributed by atoms with van der Waals surface area (Å²) in [5, 5.41) is 11.8. The molecule has 0 radical (unpaired) electrons. The number of nitriles is 1. The molecule has 0 bridgehead atoms. The Kier molecular flexibility index (Phi) is 5.11. The van der Waals surface area contributed by atoms with Crippen molar-refractivity contribution in [2.45, 2.75) is 24.8 Å². The second kappa shape index (κ2) is 7.63. The van der Waals surface area contributed by atoms with E-state index in [0.717, 1.165) is 6.42 Å². The van der Waals surface area contributed by atoms with E-state index in [2.05, 4.69) is 5.32 Å². The zero-order valence-corrected chi connectivity index (χ0v) is 17.8. The number of halogens is 1. The van der Waals surface area contributed by atoms with Crippen molar-refractivity contribution >= 4 is 40.5 Å². The van der Waals surface area contributed by atoms with Crippen LogP contribution in [-0.2, 0) is 4.79 Å². The number of anilines is 2. The van der Waals surface area contributed by atoms with Crippen molar-refractivity contribution in [2.24, 2.45) is 0 Å². The Balaban J connectivity index is 1.78. The van der Waals surface area contributed by atoms with Crippen molar-refractivity contribution in [2.75, 3.05) is 24.0 Å². The van der Waals surface area contributed by atoms with Crippen molar-refractivity contribution in [3.05, 3.63) is 53.3 Å². The molecule has 1 saturated heterocycles. The molecule has 158 valence electrons. The number of carbonyl (C=O) groups is 2. The van der Waals surface area contributed by atoms with Gasteiger partial charge in [-0.15, -0.1) is 0 Å². The molecule has 2 aromatic rings. The van der Waals surface area contributed by atoms with Crippen LogP contribution >= 0.6 is 12.2 Å². The number of carbonyl (C=O) groups excluding carboxylic acids is 2. The number of hydrogen-bond acceptors (Lipinski definition) is 5. The van der Waals surface area contributed by atoms with E-state index in [4.69, 9.17) is 17.0 Å². The van der Waals surface area contributed by atoms with Crippen LogP contribution in [0, 0.1) is 17.1 Å². The minimum absolute atomic E-state index is 0.0842. The van der Waals surface area contributed by atoms with Crippen molar-refractivity contribution in [1.82, 2.24) is 5.32 Å². The zero-order valence-electron chi connectivity index (χ0n) is 16.9. The second-order valence-electron chi connectivity index (χ2n) is 7.38. The molecule has 0 unspecified atom stereocenters. The molecule has 1 aliphatic heterocycles. The third-order valence-corrected chi connectivity index (χ3v) is 6.20. The van der Waals surface area contributed by atoms with Crippen LogP contribution in [0.5, 0.6) is 5.75 Å². The number of nitrogens with zero attached hydrogens (tertiary/aromatic N) is 3. The largest absolute Gasteiger partial charge is 0.495 e. The van der Waals surface area contributed by atoms with E-state index in [0.29, 0.717) is 35.5 Å². The third kappa shape index (κ3) is 3.02. The molecule has 7 nitrogen and oxygen atoms in total. The Morgan fingerprint density at radius 1 is 1.26 bits per heavy atom. The maximum absolute atomic E-state index is 14.7. The van der Waals surface area contributed by atoms with Crippen LogP contribution in [0.4, 0.5) is 15.8 Å². The molecule has 9 heteroatoms. The van der Waals surface area contributed by atoms with Crippen LogP contribution in [0.25, 0.3) is 0 Å². The van der Waals surface area contributed by atoms with Crippen LogP contribution in [0.3, 0.4) is 0 Å². The topological polar surface area (TPSA) is 85.7 Å². The van der Waals surface area contributed by atoms with Crippen molar-refractivity contribution < 1.29 is 18.7 Å². The Bertz CT molecular complexity index is 1160. The monoisotopic (exact) mass is 438 g/mol. The highest BCUT2D eigenvalue weighted by atomic mass is 32.1. The number of thiocarbonyl (C=S) groups is 1. The summed E-state index contributed by atoms with van der Waals surface area (Å²) in [6.45, 7) is 0. The predicted octanol–water partition coefficient (Wildman–Crippen LogP) is 3.13. The van der Waals surface area contributed by atoms with Crippen LogP contribution in [-0.4, -0.2) is 36.6 Å². The van der Waals surface area contributed by atoms with Crippen molar-refractivity contribution in [3.8, 4) is 11.8 Å². The fraction of sp³-hybridized carbons (Fsp3) is 0.273. The summed E-state index contributed by atoms with van der Waals surface area (Å²) >= 11 is 5.67. The van der Waals surface area contributed by atoms with E-state index in [-0.39, 0.29) is 16.6 Å². The molecular weight excluding hydrogens is 419 g/mol. The van der Waals surface area contributed by atoms with Gasteiger partial charge in [-0.3, -0.25) is 14.5 Å². The molecule has 1 heterocycles. The summed E-state index contributed by atoms with van der Waals surface area (Å²) < 4.78 is 19.9. The third-order valence-electron chi connectivity index (χ3n) is 5.84. The van der Waals surface area contributed by atoms with Gasteiger partial charge in [0.25, 0.3) is 11.8 Å². The lowest BCUT2D eigenvalue weighted by Gasteiger charge is -2.43. The quantitative estimate of drug-likeness (QED) is 0.739. The molecule has 2 amide bonds. The Morgan fingerprint density at radius 3 is 2.52 bits per heavy atom. The lowest BCUT2D eigenvalue weighted by atomic mass is 9.75. The minimum atomic E-state index is -0.890. The van der Waals surface area contributed by atoms with E-state index >= 15 is 0 Å². The SMILES string of the molecule is CNC(=O)c1ccc(N2C(=S)N(c3ccc(C#N)c(OC)c3)C(=O)C23CCC3)cc1F. The summed E-state index contributed by atoms with van der Waals surface area (Å²) in [4.78, 5) is 28.4. The lowest BCUT2D eigenvalue weighted by molar-refractivity contribution is -0.123. The van der Waals surface area contributed by atoms with E-state index in [1.54, 1.807) is 29.2 Å². The Morgan fingerprint density at radius 2 is 1.97 bits per heavy atom. The van der Waals surface area contributed by atoms with E-state index in [9.17, 15) is 19.2 Å². The van der Waals surface area contributed by atoms with Gasteiger partial charge in [-0.2, -0.15) is 5.26 Å². The fourth-order valence-corrected chi connectivity index (χ4v) is 4.55. The maximum Gasteiger partial charge on any atom is 0.259 e. The first-order valence-electron chi connectivity index (χ1n) is 9.66. The summed E-state index contributed by atoms with van der Waals surface area (Å²) in [6.07, 6.45) is 2.00. The number of hydrogen-bond donors (Lipinski definition) is 1. The summed E-state index contributed by atoms with van der Waals surface area (Å²) in [5.41, 5.74) is 0.248. The highest BCUT2D eigenvalue weighted by Crippen LogP contribution is 2.48. The smallest absolute Gasteiger partial charge is 0.259 e. The average molecular weight is 438 g/mol. The fourth-order valence-electron chi connectivity index (χ4n) is 4.08. The van der Waals surface area contributed by atoms with Crippen LogP contribution in [0.15, 0.2) is 36.4 Å². The molecule has 2 fully saturated rings. The first-order valence-corrected chi connectivity index (χ1v) is 10.1. The zero-order chi connectivity index (χ0) is 22.3. The molecule has 4 rings (SSSR count). The van der Waals surface area contributed by atoms with Gasteiger partial charge in [0.05, 0.1) is 23.9 Å². The number of ether oxygens (including phenoxy) is 1. The van der Waals surface area contributed by atoms with Crippen molar-refractivity contribution in [3.63, 3.8) is 0 Å². The number of rotatable bonds is 4. The van der Waals surface area contributed by atoms with Gasteiger partial charge < -0.3 is 15.0 Å². The van der Waals surface area contributed by atoms with Gasteiger partial charge in [0, 0.05) is 18.8 Å². The van der Waals surface area contributed by atoms with Crippen LogP contribution < -0.4 is 19.9 Å². The van der Waals surface area contributed by atoms with Gasteiger partial charge >= 0.3 is 0 Å². The Hall–Kier alpha value is -3.51. The summed E-state index contributed by atoms with van der Waals surface area (Å²) in [6, 6.07) is 11.0. The molecule has 1 aliphatic carbocycles. The summed E-state index contributed by atoms with van der Waals surface area (Å²) in [5.74, 6) is -1.10. The lowest BCUT2D eigenvalue weighted by Crippen LogP contribution is -2.55. The average Bonchev–Trinajstić information content (AvgIpc) is 2.99. The van der Waals surface area contributed by atoms with Gasteiger partial charge in [0.15, 0.2) is 5.11 Å². The number of methoxy groups -OCH3 is 1. The normalized spacial score (nSPS) is 16.8. The Labute approximate surface area is 184 Å². The predicted molar refractivity (Wildman–Crippen MR) is 117 cm³/mol. The second-order valence-corrected chi connectivity index (χ2v) is 7.75. The number of benzene rings is 2. The molecule has 1 spiro atoms. The van der Waals surface area contributed by atoms with Crippen molar-refractivity contribution in [1.29, 1.82) is 5.26 Å². The highest BCUT2D eigenvalue weighted by Gasteiger charge is 2.59. The van der Waals surface area contributed by atoms with Gasteiger partial charge in [0.1, 0.15) is 23.2 Å². The van der Waals surface area contributed by atoms with Crippen LogP contribution in [0.1, 0.15) is 35.2 Å². The highest BCUT2D eigenvalue weighted by molar-refractivity contribution is 7.81.